The summed E-state index contributed by atoms with van der Waals surface area (Å²) in [7, 11) is -1.65. The SMILES string of the molecule is CC(C)(C)c1ccc2c(c1)B1c3cc(C(C)(C)C)ccc3N(c3ccc(C(C)(C)C)cc3-c3ccccc3)c3cc(N4c5ccc([Si](C)(C)C)cc5C5(C)CCCCC45C)cc(c31)N2c1ccc(C(C)(C)C)cc1-c1ccccc1. The summed E-state index contributed by atoms with van der Waals surface area (Å²) in [5.74, 6) is 0. The summed E-state index contributed by atoms with van der Waals surface area (Å²) in [6.45, 7) is 41.1. The van der Waals surface area contributed by atoms with E-state index in [0.717, 1.165) is 6.42 Å². The smallest absolute Gasteiger partial charge is 0.252 e. The molecule has 8 aromatic rings. The maximum atomic E-state index is 2.86. The Morgan fingerprint density at radius 3 is 1.24 bits per heavy atom. The molecule has 12 rings (SSSR count). The van der Waals surface area contributed by atoms with Crippen molar-refractivity contribution in [3.63, 3.8) is 0 Å². The molecule has 5 heteroatoms. The number of fused-ring (bicyclic) bond motifs is 7. The van der Waals surface area contributed by atoms with Crippen LogP contribution in [0.4, 0.5) is 45.5 Å². The number of rotatable bonds is 6. The molecular weight excluding hydrogens is 982 g/mol. The Kier molecular flexibility index (Phi) is 12.5. The van der Waals surface area contributed by atoms with Crippen LogP contribution < -0.4 is 36.3 Å². The topological polar surface area (TPSA) is 9.72 Å². The standard InChI is InChI=1S/C75H86BN3Si/c1-70(2,3)51-30-35-62(57(42-51)49-26-20-18-21-27-49)77-65-37-32-53(72(7,8)9)44-60(65)76-61-45-54(73(10,11)12)33-38-66(61)78(63-36-31-52(71(4,5)6)43-58(63)50-28-22-19-23-29-50)68-47-55(46-67(77)69(68)76)79-64-39-34-56(80(15,16)17)48-59(64)74(13)40-24-25-41-75(74,79)14/h18-23,26-39,42-48H,24-25,40-41H2,1-17H3. The van der Waals surface area contributed by atoms with E-state index in [-0.39, 0.29) is 39.3 Å². The van der Waals surface area contributed by atoms with E-state index in [2.05, 4.69) is 295 Å². The van der Waals surface area contributed by atoms with Crippen LogP contribution in [0.3, 0.4) is 0 Å². The third kappa shape index (κ3) is 8.65. The average molecular weight is 1070 g/mol. The predicted molar refractivity (Wildman–Crippen MR) is 352 cm³/mol. The third-order valence-corrected chi connectivity index (χ3v) is 21.4. The Labute approximate surface area is 482 Å². The lowest BCUT2D eigenvalue weighted by Crippen LogP contribution is -2.62. The highest BCUT2D eigenvalue weighted by molar-refractivity contribution is 7.00. The maximum absolute atomic E-state index is 2.86. The highest BCUT2D eigenvalue weighted by atomic mass is 28.3. The van der Waals surface area contributed by atoms with Crippen LogP contribution in [0.5, 0.6) is 0 Å². The number of nitrogens with zero attached hydrogens (tertiary/aromatic N) is 3. The van der Waals surface area contributed by atoms with Crippen molar-refractivity contribution in [2.24, 2.45) is 0 Å². The molecule has 0 aromatic heterocycles. The summed E-state index contributed by atoms with van der Waals surface area (Å²) in [5.41, 5.74) is 25.4. The van der Waals surface area contributed by atoms with Crippen LogP contribution in [-0.2, 0) is 27.1 Å². The van der Waals surface area contributed by atoms with Crippen molar-refractivity contribution in [3.8, 4) is 22.3 Å². The number of hydrogen-bond acceptors (Lipinski definition) is 3. The van der Waals surface area contributed by atoms with E-state index in [1.807, 2.05) is 0 Å². The Bertz CT molecular complexity index is 3550. The number of anilines is 8. The number of benzene rings is 8. The molecular formula is C75H86BN3Si. The summed E-state index contributed by atoms with van der Waals surface area (Å²) in [4.78, 5) is 8.27. The lowest BCUT2D eigenvalue weighted by molar-refractivity contribution is 0.195. The first-order valence-corrected chi connectivity index (χ1v) is 33.5. The van der Waals surface area contributed by atoms with Crippen molar-refractivity contribution in [3.05, 3.63) is 192 Å². The minimum absolute atomic E-state index is 0.0380. The largest absolute Gasteiger partial charge is 0.334 e. The van der Waals surface area contributed by atoms with Crippen LogP contribution in [0, 0.1) is 0 Å². The maximum Gasteiger partial charge on any atom is 0.252 e. The van der Waals surface area contributed by atoms with E-state index in [4.69, 9.17) is 0 Å². The Balaban J connectivity index is 1.27. The number of hydrogen-bond donors (Lipinski definition) is 0. The van der Waals surface area contributed by atoms with Gasteiger partial charge in [-0.25, -0.2) is 0 Å². The lowest BCUT2D eigenvalue weighted by atomic mass is 9.33. The van der Waals surface area contributed by atoms with Crippen LogP contribution in [0.15, 0.2) is 164 Å². The summed E-state index contributed by atoms with van der Waals surface area (Å²) >= 11 is 0. The van der Waals surface area contributed by atoms with Crippen molar-refractivity contribution in [1.82, 2.24) is 0 Å². The first-order chi connectivity index (χ1) is 37.6. The Morgan fingerprint density at radius 2 is 0.812 bits per heavy atom. The van der Waals surface area contributed by atoms with Gasteiger partial charge in [0.15, 0.2) is 0 Å². The Morgan fingerprint density at radius 1 is 0.412 bits per heavy atom. The fourth-order valence-corrected chi connectivity index (χ4v) is 15.4. The molecule has 3 heterocycles. The van der Waals surface area contributed by atoms with Crippen LogP contribution in [0.2, 0.25) is 19.6 Å². The van der Waals surface area contributed by atoms with Crippen molar-refractivity contribution in [1.29, 1.82) is 0 Å². The van der Waals surface area contributed by atoms with Crippen LogP contribution in [0.25, 0.3) is 22.3 Å². The van der Waals surface area contributed by atoms with E-state index in [1.54, 1.807) is 5.19 Å². The van der Waals surface area contributed by atoms with E-state index in [1.165, 1.54) is 131 Å². The zero-order valence-corrected chi connectivity index (χ0v) is 52.3. The van der Waals surface area contributed by atoms with Crippen molar-refractivity contribution in [2.75, 3.05) is 14.7 Å². The van der Waals surface area contributed by atoms with Gasteiger partial charge in [0.25, 0.3) is 6.71 Å². The third-order valence-electron chi connectivity index (χ3n) is 19.4. The fraction of sp³-hybridized carbons (Fsp3) is 0.360. The van der Waals surface area contributed by atoms with Crippen molar-refractivity contribution in [2.45, 2.75) is 175 Å². The van der Waals surface area contributed by atoms with Gasteiger partial charge in [-0.1, -0.05) is 237 Å². The molecule has 0 spiro atoms. The Hall–Kier alpha value is -6.56. The molecule has 2 atom stereocenters. The molecule has 1 aliphatic carbocycles. The second-order valence-electron chi connectivity index (χ2n) is 29.9. The minimum atomic E-state index is -1.65. The van der Waals surface area contributed by atoms with Crippen LogP contribution in [-0.4, -0.2) is 20.3 Å². The molecule has 3 nitrogen and oxygen atoms in total. The minimum Gasteiger partial charge on any atom is -0.334 e. The fourth-order valence-electron chi connectivity index (χ4n) is 14.3. The van der Waals surface area contributed by atoms with Gasteiger partial charge in [0.1, 0.15) is 0 Å². The van der Waals surface area contributed by atoms with Crippen LogP contribution >= 0.6 is 0 Å². The van der Waals surface area contributed by atoms with Gasteiger partial charge in [0.05, 0.1) is 25.0 Å². The highest BCUT2D eigenvalue weighted by Crippen LogP contribution is 2.62. The van der Waals surface area contributed by atoms with E-state index >= 15 is 0 Å². The molecule has 8 aromatic carbocycles. The molecule has 2 unspecified atom stereocenters. The molecule has 0 N–H and O–H groups in total. The van der Waals surface area contributed by atoms with Crippen molar-refractivity contribution < 1.29 is 0 Å². The summed E-state index contributed by atoms with van der Waals surface area (Å²) in [5, 5.41) is 1.55. The van der Waals surface area contributed by atoms with Gasteiger partial charge >= 0.3 is 0 Å². The molecule has 0 bridgehead atoms. The van der Waals surface area contributed by atoms with E-state index in [9.17, 15) is 0 Å². The van der Waals surface area contributed by atoms with Gasteiger partial charge < -0.3 is 14.7 Å². The van der Waals surface area contributed by atoms with Gasteiger partial charge in [-0.05, 0) is 151 Å². The molecule has 80 heavy (non-hydrogen) atoms. The van der Waals surface area contributed by atoms with Crippen LogP contribution in [0.1, 0.15) is 150 Å². The van der Waals surface area contributed by atoms with Gasteiger partial charge in [-0.3, -0.25) is 0 Å². The summed E-state index contributed by atoms with van der Waals surface area (Å²) in [6.07, 6.45) is 4.76. The monoisotopic (exact) mass is 1070 g/mol. The molecule has 0 saturated heterocycles. The van der Waals surface area contributed by atoms with Gasteiger partial charge in [-0.2, -0.15) is 0 Å². The molecule has 1 saturated carbocycles. The predicted octanol–water partition coefficient (Wildman–Crippen LogP) is 18.6. The second-order valence-corrected chi connectivity index (χ2v) is 35.0. The van der Waals surface area contributed by atoms with Crippen molar-refractivity contribution >= 4 is 81.9 Å². The average Bonchev–Trinajstić information content (AvgIpc) is 3.81. The van der Waals surface area contributed by atoms with E-state index < -0.39 is 8.07 Å². The quantitative estimate of drug-likeness (QED) is 0.154. The zero-order valence-electron chi connectivity index (χ0n) is 51.3. The molecule has 3 aliphatic heterocycles. The molecule has 408 valence electrons. The zero-order chi connectivity index (χ0) is 56.9. The second kappa shape index (κ2) is 18.5. The molecule has 4 aliphatic rings. The molecule has 1 fully saturated rings. The van der Waals surface area contributed by atoms with E-state index in [0.29, 0.717) is 0 Å². The first kappa shape index (κ1) is 54.1. The van der Waals surface area contributed by atoms with Gasteiger partial charge in [-0.15, -0.1) is 0 Å². The first-order valence-electron chi connectivity index (χ1n) is 30.0. The molecule has 0 radical (unpaired) electrons. The van der Waals surface area contributed by atoms with Gasteiger partial charge in [0.2, 0.25) is 0 Å². The molecule has 0 amide bonds. The summed E-state index contributed by atoms with van der Waals surface area (Å²) < 4.78 is 0. The normalized spacial score (nSPS) is 18.9. The highest BCUT2D eigenvalue weighted by Gasteiger charge is 2.58. The van der Waals surface area contributed by atoms with Gasteiger partial charge in [0, 0.05) is 50.7 Å². The lowest BCUT2D eigenvalue weighted by Gasteiger charge is -2.51. The summed E-state index contributed by atoms with van der Waals surface area (Å²) in [6, 6.07) is 65.1.